The first-order chi connectivity index (χ1) is 14.1. The largest absolute Gasteiger partial charge is 0.362 e. The van der Waals surface area contributed by atoms with E-state index in [1.165, 1.54) is 0 Å². The van der Waals surface area contributed by atoms with Crippen LogP contribution in [0.2, 0.25) is 0 Å². The highest BCUT2D eigenvalue weighted by molar-refractivity contribution is 6.02. The Bertz CT molecular complexity index is 875. The van der Waals surface area contributed by atoms with Gasteiger partial charge in [0.1, 0.15) is 5.66 Å². The summed E-state index contributed by atoms with van der Waals surface area (Å²) in [5.41, 5.74) is 2.20. The molecule has 1 fully saturated rings. The lowest BCUT2D eigenvalue weighted by Crippen LogP contribution is -2.64. The van der Waals surface area contributed by atoms with Crippen molar-refractivity contribution in [1.29, 1.82) is 0 Å². The van der Waals surface area contributed by atoms with Gasteiger partial charge in [-0.1, -0.05) is 49.4 Å². The van der Waals surface area contributed by atoms with E-state index in [1.54, 1.807) is 0 Å². The summed E-state index contributed by atoms with van der Waals surface area (Å²) in [6.07, 6.45) is 2.31. The number of rotatable bonds is 4. The van der Waals surface area contributed by atoms with Gasteiger partial charge < -0.3 is 20.4 Å². The monoisotopic (exact) mass is 392 g/mol. The number of hydrogen-bond acceptors (Lipinski definition) is 3. The van der Waals surface area contributed by atoms with Gasteiger partial charge in [-0.25, -0.2) is 4.79 Å². The molecule has 0 radical (unpaired) electrons. The number of nitrogens with zero attached hydrogens (tertiary/aromatic N) is 2. The smallest absolute Gasteiger partial charge is 0.317 e. The molecule has 0 aliphatic carbocycles. The van der Waals surface area contributed by atoms with Gasteiger partial charge in [-0.15, -0.1) is 0 Å². The van der Waals surface area contributed by atoms with Gasteiger partial charge in [0.05, 0.1) is 5.56 Å². The fraction of sp³-hybridized carbons (Fsp3) is 0.391. The molecule has 6 heteroatoms. The van der Waals surface area contributed by atoms with Gasteiger partial charge in [0.15, 0.2) is 0 Å². The molecular weight excluding hydrogens is 364 g/mol. The molecule has 3 amide bonds. The van der Waals surface area contributed by atoms with E-state index in [0.717, 1.165) is 17.7 Å². The number of hydrogen-bond donors (Lipinski definition) is 2. The molecule has 2 aliphatic rings. The summed E-state index contributed by atoms with van der Waals surface area (Å²) in [5.74, 6) is 0.0482. The normalized spacial score (nSPS) is 17.6. The Kier molecular flexibility index (Phi) is 5.43. The minimum absolute atomic E-state index is 0.0150. The minimum Gasteiger partial charge on any atom is -0.362 e. The maximum absolute atomic E-state index is 13.4. The molecule has 2 aromatic rings. The Morgan fingerprint density at radius 1 is 1.07 bits per heavy atom. The van der Waals surface area contributed by atoms with E-state index in [2.05, 4.69) is 22.8 Å². The van der Waals surface area contributed by atoms with Crippen LogP contribution in [0.1, 0.15) is 42.1 Å². The van der Waals surface area contributed by atoms with E-state index in [-0.39, 0.29) is 11.9 Å². The summed E-state index contributed by atoms with van der Waals surface area (Å²) in [4.78, 5) is 29.6. The Hall–Kier alpha value is -3.02. The van der Waals surface area contributed by atoms with Crippen LogP contribution in [0.15, 0.2) is 54.6 Å². The van der Waals surface area contributed by atoms with Crippen molar-refractivity contribution in [2.45, 2.75) is 38.4 Å². The molecule has 29 heavy (non-hydrogen) atoms. The van der Waals surface area contributed by atoms with Gasteiger partial charge in [-0.3, -0.25) is 4.79 Å². The lowest BCUT2D eigenvalue weighted by Gasteiger charge is -2.52. The van der Waals surface area contributed by atoms with Crippen LogP contribution >= 0.6 is 0 Å². The van der Waals surface area contributed by atoms with Crippen LogP contribution in [0.5, 0.6) is 0 Å². The first-order valence-corrected chi connectivity index (χ1v) is 10.4. The predicted molar refractivity (Wildman–Crippen MR) is 114 cm³/mol. The Morgan fingerprint density at radius 2 is 1.76 bits per heavy atom. The van der Waals surface area contributed by atoms with Crippen LogP contribution < -0.4 is 10.6 Å². The second-order valence-corrected chi connectivity index (χ2v) is 7.80. The number of amides is 3. The van der Waals surface area contributed by atoms with Crippen molar-refractivity contribution in [1.82, 2.24) is 15.1 Å². The summed E-state index contributed by atoms with van der Waals surface area (Å²) in [5, 5.41) is 6.62. The third kappa shape index (κ3) is 3.79. The van der Waals surface area contributed by atoms with Crippen molar-refractivity contribution < 1.29 is 9.59 Å². The van der Waals surface area contributed by atoms with Gasteiger partial charge in [0.25, 0.3) is 5.91 Å². The molecule has 2 aliphatic heterocycles. The van der Waals surface area contributed by atoms with E-state index < -0.39 is 5.66 Å². The number of carbonyl (C=O) groups is 2. The highest BCUT2D eigenvalue weighted by Gasteiger charge is 2.46. The topological polar surface area (TPSA) is 64.7 Å². The SMILES string of the molecule is CCCNC(=O)N1CCC2(CC1)Nc1ccccc1C(=O)N2Cc1ccccc1. The number of nitrogens with one attached hydrogen (secondary N) is 2. The number of carbonyl (C=O) groups excluding carboxylic acids is 2. The van der Waals surface area contributed by atoms with Gasteiger partial charge in [-0.05, 0) is 24.1 Å². The molecule has 0 atom stereocenters. The number of benzene rings is 2. The molecule has 0 bridgehead atoms. The molecule has 1 spiro atoms. The van der Waals surface area contributed by atoms with Crippen molar-refractivity contribution in [3.8, 4) is 0 Å². The van der Waals surface area contributed by atoms with Crippen molar-refractivity contribution in [3.63, 3.8) is 0 Å². The number of piperidine rings is 1. The van der Waals surface area contributed by atoms with Crippen molar-refractivity contribution in [3.05, 3.63) is 65.7 Å². The second-order valence-electron chi connectivity index (χ2n) is 7.80. The number of anilines is 1. The van der Waals surface area contributed by atoms with E-state index in [4.69, 9.17) is 0 Å². The lowest BCUT2D eigenvalue weighted by molar-refractivity contribution is 0.0285. The molecule has 0 aromatic heterocycles. The third-order valence-electron chi connectivity index (χ3n) is 5.87. The summed E-state index contributed by atoms with van der Waals surface area (Å²) in [7, 11) is 0. The average Bonchev–Trinajstić information content (AvgIpc) is 2.76. The standard InChI is InChI=1S/C23H28N4O2/c1-2-14-24-22(29)26-15-12-23(13-16-26)25-20-11-7-6-10-19(20)21(28)27(23)17-18-8-4-3-5-9-18/h3-11,25H,2,12-17H2,1H3,(H,24,29). The molecule has 2 N–H and O–H groups in total. The van der Waals surface area contributed by atoms with E-state index in [0.29, 0.717) is 44.6 Å². The fourth-order valence-corrected chi connectivity index (χ4v) is 4.24. The summed E-state index contributed by atoms with van der Waals surface area (Å²) < 4.78 is 0. The van der Waals surface area contributed by atoms with Crippen LogP contribution in [-0.4, -0.2) is 47.0 Å². The second kappa shape index (κ2) is 8.15. The molecule has 0 saturated carbocycles. The van der Waals surface area contributed by atoms with Crippen molar-refractivity contribution >= 4 is 17.6 Å². The highest BCUT2D eigenvalue weighted by atomic mass is 16.2. The zero-order chi connectivity index (χ0) is 20.3. The van der Waals surface area contributed by atoms with Crippen LogP contribution in [-0.2, 0) is 6.54 Å². The van der Waals surface area contributed by atoms with Crippen LogP contribution in [0.25, 0.3) is 0 Å². The predicted octanol–water partition coefficient (Wildman–Crippen LogP) is 3.67. The van der Waals surface area contributed by atoms with Gasteiger partial charge in [0, 0.05) is 44.7 Å². The number of para-hydroxylation sites is 1. The molecular formula is C23H28N4O2. The number of likely N-dealkylation sites (tertiary alicyclic amines) is 1. The molecule has 2 heterocycles. The number of fused-ring (bicyclic) bond motifs is 1. The van der Waals surface area contributed by atoms with E-state index in [1.807, 2.05) is 59.2 Å². The average molecular weight is 393 g/mol. The highest BCUT2D eigenvalue weighted by Crippen LogP contribution is 2.38. The summed E-state index contributed by atoms with van der Waals surface area (Å²) in [6, 6.07) is 17.8. The van der Waals surface area contributed by atoms with Gasteiger partial charge >= 0.3 is 6.03 Å². The maximum atomic E-state index is 13.4. The first-order valence-electron chi connectivity index (χ1n) is 10.4. The summed E-state index contributed by atoms with van der Waals surface area (Å²) >= 11 is 0. The summed E-state index contributed by atoms with van der Waals surface area (Å²) in [6.45, 7) is 4.50. The zero-order valence-electron chi connectivity index (χ0n) is 16.9. The molecule has 6 nitrogen and oxygen atoms in total. The van der Waals surface area contributed by atoms with Crippen molar-refractivity contribution in [2.75, 3.05) is 25.0 Å². The molecule has 2 aromatic carbocycles. The Balaban J connectivity index is 1.59. The van der Waals surface area contributed by atoms with E-state index >= 15 is 0 Å². The molecule has 1 saturated heterocycles. The van der Waals surface area contributed by atoms with Gasteiger partial charge in [0.2, 0.25) is 0 Å². The van der Waals surface area contributed by atoms with Crippen LogP contribution in [0.3, 0.4) is 0 Å². The number of urea groups is 1. The first kappa shape index (κ1) is 19.3. The fourth-order valence-electron chi connectivity index (χ4n) is 4.24. The van der Waals surface area contributed by atoms with Crippen molar-refractivity contribution in [2.24, 2.45) is 0 Å². The molecule has 152 valence electrons. The minimum atomic E-state index is -0.483. The lowest BCUT2D eigenvalue weighted by atomic mass is 9.89. The third-order valence-corrected chi connectivity index (χ3v) is 5.87. The molecule has 4 rings (SSSR count). The van der Waals surface area contributed by atoms with E-state index in [9.17, 15) is 9.59 Å². The van der Waals surface area contributed by atoms with Gasteiger partial charge in [-0.2, -0.15) is 0 Å². The zero-order valence-corrected chi connectivity index (χ0v) is 16.9. The molecule has 0 unspecified atom stereocenters. The maximum Gasteiger partial charge on any atom is 0.317 e. The Morgan fingerprint density at radius 3 is 2.48 bits per heavy atom. The van der Waals surface area contributed by atoms with Crippen LogP contribution in [0.4, 0.5) is 10.5 Å². The quantitative estimate of drug-likeness (QED) is 0.835. The Labute approximate surface area is 171 Å². The van der Waals surface area contributed by atoms with Crippen LogP contribution in [0, 0.1) is 0 Å².